The van der Waals surface area contributed by atoms with Gasteiger partial charge in [0.15, 0.2) is 0 Å². The molecular weight excluding hydrogens is 318 g/mol. The van der Waals surface area contributed by atoms with Crippen molar-refractivity contribution in [1.29, 1.82) is 0 Å². The number of aromatic nitrogens is 2. The van der Waals surface area contributed by atoms with Crippen LogP contribution in [-0.2, 0) is 4.79 Å². The van der Waals surface area contributed by atoms with Crippen LogP contribution >= 0.6 is 0 Å². The molecule has 0 spiro atoms. The summed E-state index contributed by atoms with van der Waals surface area (Å²) in [7, 11) is 0. The highest BCUT2D eigenvalue weighted by Gasteiger charge is 2.41. The first-order chi connectivity index (χ1) is 12.0. The van der Waals surface area contributed by atoms with Gasteiger partial charge in [0.2, 0.25) is 5.91 Å². The summed E-state index contributed by atoms with van der Waals surface area (Å²) < 4.78 is 1.76. The first-order valence-corrected chi connectivity index (χ1v) is 8.49. The van der Waals surface area contributed by atoms with E-state index in [-0.39, 0.29) is 12.1 Å². The number of nitrogens with zero attached hydrogens (tertiary/aromatic N) is 2. The molecule has 1 fully saturated rings. The fraction of sp³-hybridized carbons (Fsp3) is 0.389. The maximum Gasteiger partial charge on any atom is 0.316 e. The normalized spacial score (nSPS) is 17.0. The van der Waals surface area contributed by atoms with Crippen LogP contribution in [0, 0.1) is 0 Å². The number of hydrogen-bond donors (Lipinski definition) is 3. The van der Waals surface area contributed by atoms with Gasteiger partial charge in [0, 0.05) is 12.4 Å². The van der Waals surface area contributed by atoms with Gasteiger partial charge in [-0.05, 0) is 37.5 Å². The zero-order valence-corrected chi connectivity index (χ0v) is 14.2. The van der Waals surface area contributed by atoms with E-state index in [1.165, 1.54) is 0 Å². The molecule has 7 nitrogen and oxygen atoms in total. The third-order valence-electron chi connectivity index (χ3n) is 4.78. The Kier molecular flexibility index (Phi) is 4.74. The Labute approximate surface area is 146 Å². The fourth-order valence-corrected chi connectivity index (χ4v) is 3.41. The molecule has 1 atom stereocenters. The van der Waals surface area contributed by atoms with Crippen LogP contribution in [0.4, 0.5) is 4.79 Å². The monoisotopic (exact) mass is 341 g/mol. The summed E-state index contributed by atoms with van der Waals surface area (Å²) in [6.45, 7) is 1.90. The molecule has 1 unspecified atom stereocenters. The van der Waals surface area contributed by atoms with E-state index < -0.39 is 11.4 Å². The van der Waals surface area contributed by atoms with Crippen molar-refractivity contribution >= 4 is 11.9 Å². The lowest BCUT2D eigenvalue weighted by Gasteiger charge is -2.28. The molecule has 2 aromatic rings. The van der Waals surface area contributed by atoms with Gasteiger partial charge in [0.25, 0.3) is 0 Å². The molecule has 1 aromatic carbocycles. The van der Waals surface area contributed by atoms with Crippen molar-refractivity contribution in [1.82, 2.24) is 20.4 Å². The minimum Gasteiger partial charge on any atom is -0.368 e. The van der Waals surface area contributed by atoms with E-state index in [0.717, 1.165) is 24.1 Å². The van der Waals surface area contributed by atoms with Gasteiger partial charge in [0.1, 0.15) is 5.54 Å². The predicted octanol–water partition coefficient (Wildman–Crippen LogP) is 2.03. The molecule has 4 N–H and O–H groups in total. The van der Waals surface area contributed by atoms with Crippen molar-refractivity contribution in [3.05, 3.63) is 48.3 Å². The summed E-state index contributed by atoms with van der Waals surface area (Å²) >= 11 is 0. The van der Waals surface area contributed by atoms with Crippen molar-refractivity contribution in [2.24, 2.45) is 5.73 Å². The number of hydrogen-bond acceptors (Lipinski definition) is 3. The number of nitrogens with one attached hydrogen (secondary N) is 2. The summed E-state index contributed by atoms with van der Waals surface area (Å²) in [5.74, 6) is -0.468. The minimum atomic E-state index is -0.925. The van der Waals surface area contributed by atoms with Crippen LogP contribution in [0.5, 0.6) is 0 Å². The number of nitrogens with two attached hydrogens (primary N) is 1. The van der Waals surface area contributed by atoms with Crippen LogP contribution in [-0.4, -0.2) is 27.3 Å². The first-order valence-electron chi connectivity index (χ1n) is 8.49. The lowest BCUT2D eigenvalue weighted by Crippen LogP contribution is -2.58. The standard InChI is InChI=1S/C18H23N5O2/c1-13(14-7-2-3-8-15(14)23-12-6-11-20-23)21-17(25)22-18(16(19)24)9-4-5-10-18/h2-3,6-8,11-13H,4-5,9-10H2,1H3,(H2,19,24)(H2,21,22,25). The van der Waals surface area contributed by atoms with E-state index in [0.29, 0.717) is 12.8 Å². The van der Waals surface area contributed by atoms with E-state index in [1.807, 2.05) is 43.5 Å². The van der Waals surface area contributed by atoms with Crippen LogP contribution < -0.4 is 16.4 Å². The Morgan fingerprint density at radius 1 is 1.24 bits per heavy atom. The second-order valence-electron chi connectivity index (χ2n) is 6.48. The number of carbonyl (C=O) groups excluding carboxylic acids is 2. The number of benzene rings is 1. The number of para-hydroxylation sites is 1. The average Bonchev–Trinajstić information content (AvgIpc) is 3.27. The van der Waals surface area contributed by atoms with E-state index in [2.05, 4.69) is 15.7 Å². The highest BCUT2D eigenvalue weighted by Crippen LogP contribution is 2.29. The largest absolute Gasteiger partial charge is 0.368 e. The van der Waals surface area contributed by atoms with Crippen molar-refractivity contribution in [2.45, 2.75) is 44.2 Å². The van der Waals surface area contributed by atoms with Gasteiger partial charge in [0.05, 0.1) is 11.7 Å². The molecule has 3 rings (SSSR count). The van der Waals surface area contributed by atoms with E-state index in [4.69, 9.17) is 5.73 Å². The Morgan fingerprint density at radius 2 is 1.96 bits per heavy atom. The number of urea groups is 1. The Balaban J connectivity index is 1.73. The third kappa shape index (κ3) is 3.50. The molecule has 1 saturated carbocycles. The van der Waals surface area contributed by atoms with E-state index in [1.54, 1.807) is 10.9 Å². The molecule has 25 heavy (non-hydrogen) atoms. The molecule has 0 saturated heterocycles. The molecule has 3 amide bonds. The quantitative estimate of drug-likeness (QED) is 0.775. The second kappa shape index (κ2) is 6.96. The van der Waals surface area contributed by atoms with Gasteiger partial charge in [-0.1, -0.05) is 31.0 Å². The Morgan fingerprint density at radius 3 is 2.60 bits per heavy atom. The Hall–Kier alpha value is -2.83. The third-order valence-corrected chi connectivity index (χ3v) is 4.78. The number of carbonyl (C=O) groups is 2. The number of rotatable bonds is 5. The molecule has 0 radical (unpaired) electrons. The molecule has 1 aromatic heterocycles. The van der Waals surface area contributed by atoms with Gasteiger partial charge in [-0.2, -0.15) is 5.10 Å². The van der Waals surface area contributed by atoms with Gasteiger partial charge in [-0.25, -0.2) is 9.48 Å². The van der Waals surface area contributed by atoms with Crippen molar-refractivity contribution in [3.8, 4) is 5.69 Å². The zero-order chi connectivity index (χ0) is 17.9. The maximum absolute atomic E-state index is 12.4. The summed E-state index contributed by atoms with van der Waals surface area (Å²) in [6.07, 6.45) is 6.52. The highest BCUT2D eigenvalue weighted by atomic mass is 16.2. The molecule has 132 valence electrons. The van der Waals surface area contributed by atoms with Crippen LogP contribution in [0.3, 0.4) is 0 Å². The topological polar surface area (TPSA) is 102 Å². The zero-order valence-electron chi connectivity index (χ0n) is 14.2. The minimum absolute atomic E-state index is 0.258. The molecular formula is C18H23N5O2. The van der Waals surface area contributed by atoms with Gasteiger partial charge in [-0.15, -0.1) is 0 Å². The molecule has 1 heterocycles. The molecule has 0 bridgehead atoms. The second-order valence-corrected chi connectivity index (χ2v) is 6.48. The van der Waals surface area contributed by atoms with Crippen molar-refractivity contribution in [2.75, 3.05) is 0 Å². The average molecular weight is 341 g/mol. The highest BCUT2D eigenvalue weighted by molar-refractivity contribution is 5.90. The molecule has 7 heteroatoms. The van der Waals surface area contributed by atoms with E-state index >= 15 is 0 Å². The van der Waals surface area contributed by atoms with Crippen LogP contribution in [0.2, 0.25) is 0 Å². The van der Waals surface area contributed by atoms with Crippen LogP contribution in [0.25, 0.3) is 5.69 Å². The smallest absolute Gasteiger partial charge is 0.316 e. The first kappa shape index (κ1) is 17.0. The SMILES string of the molecule is CC(NC(=O)NC1(C(N)=O)CCCC1)c1ccccc1-n1cccn1. The molecule has 1 aliphatic carbocycles. The van der Waals surface area contributed by atoms with E-state index in [9.17, 15) is 9.59 Å². The van der Waals surface area contributed by atoms with Crippen molar-refractivity contribution < 1.29 is 9.59 Å². The summed E-state index contributed by atoms with van der Waals surface area (Å²) in [5.41, 5.74) is 6.42. The predicted molar refractivity (Wildman–Crippen MR) is 94.0 cm³/mol. The lowest BCUT2D eigenvalue weighted by molar-refractivity contribution is -0.123. The van der Waals surface area contributed by atoms with Crippen molar-refractivity contribution in [3.63, 3.8) is 0 Å². The fourth-order valence-electron chi connectivity index (χ4n) is 3.41. The summed E-state index contributed by atoms with van der Waals surface area (Å²) in [6, 6.07) is 8.93. The number of amides is 3. The van der Waals surface area contributed by atoms with Crippen LogP contribution in [0.1, 0.15) is 44.2 Å². The van der Waals surface area contributed by atoms with Crippen LogP contribution in [0.15, 0.2) is 42.7 Å². The Bertz CT molecular complexity index is 751. The number of primary amides is 1. The summed E-state index contributed by atoms with van der Waals surface area (Å²) in [5, 5.41) is 9.96. The van der Waals surface area contributed by atoms with Gasteiger partial charge >= 0.3 is 6.03 Å². The lowest BCUT2D eigenvalue weighted by atomic mass is 9.97. The van der Waals surface area contributed by atoms with Gasteiger partial charge < -0.3 is 16.4 Å². The maximum atomic E-state index is 12.4. The molecule has 0 aliphatic heterocycles. The van der Waals surface area contributed by atoms with Gasteiger partial charge in [-0.3, -0.25) is 4.79 Å². The summed E-state index contributed by atoms with van der Waals surface area (Å²) in [4.78, 5) is 24.2. The molecule has 1 aliphatic rings.